The number of benzene rings is 1. The van der Waals surface area contributed by atoms with Crippen LogP contribution in [0.4, 0.5) is 0 Å². The number of carbonyl (C=O) groups is 2. The van der Waals surface area contributed by atoms with Crippen molar-refractivity contribution in [2.45, 2.75) is 191 Å². The van der Waals surface area contributed by atoms with Crippen molar-refractivity contribution in [2.24, 2.45) is 23.7 Å². The number of aliphatic hydroxyl groups is 2. The fourth-order valence-electron chi connectivity index (χ4n) is 11.6. The van der Waals surface area contributed by atoms with Crippen LogP contribution >= 0.6 is 0 Å². The maximum atomic E-state index is 14.4. The molecule has 0 radical (unpaired) electrons. The van der Waals surface area contributed by atoms with E-state index < -0.39 is 72.3 Å². The van der Waals surface area contributed by atoms with Crippen molar-refractivity contribution in [2.75, 3.05) is 27.9 Å². The molecule has 72 heavy (non-hydrogen) atoms. The molecule has 1 spiro atoms. The number of carboxylic acids is 1. The Morgan fingerprint density at radius 3 is 2.26 bits per heavy atom. The number of likely N-dealkylation sites (N-methyl/N-ethyl adjacent to an activating group) is 1. The van der Waals surface area contributed by atoms with E-state index in [2.05, 4.69) is 52.1 Å². The van der Waals surface area contributed by atoms with Gasteiger partial charge in [-0.1, -0.05) is 88.8 Å². The number of aromatic carboxylic acids is 1. The van der Waals surface area contributed by atoms with Gasteiger partial charge in [0.05, 0.1) is 60.9 Å². The Hall–Kier alpha value is -3.62. The molecule has 6 aliphatic heterocycles. The molecule has 0 saturated carbocycles. The predicted octanol–water partition coefficient (Wildman–Crippen LogP) is 6.99. The number of fused-ring (bicyclic) bond motifs is 2. The number of allylic oxidation sites excluding steroid dienone is 2. The molecule has 0 amide bonds. The predicted molar refractivity (Wildman–Crippen MR) is 268 cm³/mol. The number of carboxylic acid groups (broad SMARTS) is 1. The average Bonchev–Trinajstić information content (AvgIpc) is 3.70. The first-order valence-corrected chi connectivity index (χ1v) is 26.0. The first-order valence-electron chi connectivity index (χ1n) is 26.0. The maximum absolute atomic E-state index is 14.4. The number of hydrogen-bond donors (Lipinski definition) is 4. The summed E-state index contributed by atoms with van der Waals surface area (Å²) in [6, 6.07) is 8.34. The third-order valence-corrected chi connectivity index (χ3v) is 15.9. The molecule has 1 aromatic rings. The largest absolute Gasteiger partial charge is 0.478 e. The highest BCUT2D eigenvalue weighted by molar-refractivity contribution is 5.87. The van der Waals surface area contributed by atoms with Gasteiger partial charge in [0.25, 0.3) is 0 Å². The van der Waals surface area contributed by atoms with Crippen LogP contribution in [0.2, 0.25) is 0 Å². The third-order valence-electron chi connectivity index (χ3n) is 15.9. The lowest BCUT2D eigenvalue weighted by Gasteiger charge is -2.48. The van der Waals surface area contributed by atoms with Gasteiger partial charge in [0.1, 0.15) is 35.9 Å². The topological polar surface area (TPSA) is 199 Å². The molecular formula is C56H81NO15. The molecule has 16 heteroatoms. The van der Waals surface area contributed by atoms with Gasteiger partial charge in [-0.15, -0.1) is 0 Å². The van der Waals surface area contributed by atoms with Crippen LogP contribution in [0, 0.1) is 23.7 Å². The summed E-state index contributed by atoms with van der Waals surface area (Å²) in [5, 5.41) is 35.4. The van der Waals surface area contributed by atoms with Gasteiger partial charge in [0, 0.05) is 51.7 Å². The summed E-state index contributed by atoms with van der Waals surface area (Å²) in [6.07, 6.45) is 10.7. The van der Waals surface area contributed by atoms with E-state index in [1.807, 2.05) is 39.1 Å². The number of nitrogens with one attached hydrogen (secondary N) is 1. The molecule has 4 N–H and O–H groups in total. The molecule has 1 aliphatic carbocycles. The molecule has 20 atom stereocenters. The molecule has 1 aromatic carbocycles. The third kappa shape index (κ3) is 12.4. The molecule has 7 aliphatic rings. The van der Waals surface area contributed by atoms with Gasteiger partial charge in [0.15, 0.2) is 18.4 Å². The van der Waals surface area contributed by atoms with Gasteiger partial charge in [-0.05, 0) is 82.0 Å². The van der Waals surface area contributed by atoms with E-state index in [9.17, 15) is 19.8 Å². The Balaban J connectivity index is 0.000000761. The van der Waals surface area contributed by atoms with Crippen LogP contribution in [0.25, 0.3) is 0 Å². The highest BCUT2D eigenvalue weighted by Crippen LogP contribution is 2.47. The average molecular weight is 1010 g/mol. The number of aliphatic hydroxyl groups excluding tert-OH is 1. The minimum atomic E-state index is -1.83. The van der Waals surface area contributed by atoms with Crippen LogP contribution in [0.1, 0.15) is 104 Å². The Bertz CT molecular complexity index is 2140. The van der Waals surface area contributed by atoms with Gasteiger partial charge < -0.3 is 68.0 Å². The van der Waals surface area contributed by atoms with Crippen molar-refractivity contribution in [3.63, 3.8) is 0 Å². The number of hydrogen-bond acceptors (Lipinski definition) is 15. The molecule has 400 valence electrons. The molecule has 16 nitrogen and oxygen atoms in total. The molecule has 4 fully saturated rings. The van der Waals surface area contributed by atoms with Crippen molar-refractivity contribution in [3.05, 3.63) is 95.1 Å². The second-order valence-corrected chi connectivity index (χ2v) is 21.0. The van der Waals surface area contributed by atoms with E-state index in [4.69, 9.17) is 52.5 Å². The Labute approximate surface area is 426 Å². The van der Waals surface area contributed by atoms with Crippen LogP contribution < -0.4 is 5.32 Å². The molecule has 0 aromatic heterocycles. The monoisotopic (exact) mass is 1010 g/mol. The summed E-state index contributed by atoms with van der Waals surface area (Å²) in [5.41, 5.74) is 0.511. The lowest BCUT2D eigenvalue weighted by molar-refractivity contribution is -0.312. The number of esters is 1. The maximum Gasteiger partial charge on any atom is 0.335 e. The summed E-state index contributed by atoms with van der Waals surface area (Å²) >= 11 is 0. The van der Waals surface area contributed by atoms with E-state index in [0.717, 1.165) is 12.0 Å². The van der Waals surface area contributed by atoms with Crippen molar-refractivity contribution in [3.8, 4) is 0 Å². The standard InChI is InChI=1S/C49H75NO13.C7H6O2/c1-12-26(2)44-29(5)18-19-48(63-44)24-35-21-34(62-48)17-16-28(4)43(27(3)14-13-15-33-25-56-46-42(51)30(6)20-36(47(52)59-35)49(33,46)53)60-40-23-38(55-11)45(32(8)58-40)61-39-22-37(54-10)41(50-9)31(7)57-39;8-7(9)6-4-2-1-3-5-6/h13-16,18-20,26-27,29,31-32,34-46,50-51,53H,12,17,21-25H2,1-11H3;1-5H,(H,8,9)/b14-13?,28-16+,33-15+;/t26-,27-,29+,31+,32+,34-,35+,36-,37-,38+,39+,40-,41-,42+,43+,44-,45+,46+,48-,49-;/m1./s1. The highest BCUT2D eigenvalue weighted by Gasteiger charge is 2.60. The van der Waals surface area contributed by atoms with Crippen LogP contribution in [-0.2, 0) is 52.2 Å². The zero-order chi connectivity index (χ0) is 52.1. The van der Waals surface area contributed by atoms with Gasteiger partial charge in [-0.3, -0.25) is 4.79 Å². The van der Waals surface area contributed by atoms with Gasteiger partial charge >= 0.3 is 11.9 Å². The van der Waals surface area contributed by atoms with Crippen LogP contribution in [0.5, 0.6) is 0 Å². The van der Waals surface area contributed by atoms with Gasteiger partial charge in [-0.2, -0.15) is 0 Å². The normalized spacial score (nSPS) is 43.2. The van der Waals surface area contributed by atoms with E-state index in [1.165, 1.54) is 0 Å². The highest BCUT2D eigenvalue weighted by atomic mass is 16.7. The van der Waals surface area contributed by atoms with Crippen molar-refractivity contribution < 1.29 is 72.3 Å². The lowest BCUT2D eigenvalue weighted by Crippen LogP contribution is -2.58. The minimum absolute atomic E-state index is 0.0411. The zero-order valence-corrected chi connectivity index (χ0v) is 44.0. The quantitative estimate of drug-likeness (QED) is 0.138. The lowest BCUT2D eigenvalue weighted by atomic mass is 9.71. The minimum Gasteiger partial charge on any atom is -0.478 e. The molecule has 8 rings (SSSR count). The van der Waals surface area contributed by atoms with E-state index in [1.54, 1.807) is 63.6 Å². The summed E-state index contributed by atoms with van der Waals surface area (Å²) in [4.78, 5) is 24.6. The zero-order valence-electron chi connectivity index (χ0n) is 44.0. The smallest absolute Gasteiger partial charge is 0.335 e. The molecule has 2 bridgehead atoms. The number of ether oxygens (including phenoxy) is 10. The van der Waals surface area contributed by atoms with E-state index >= 15 is 0 Å². The fourth-order valence-corrected chi connectivity index (χ4v) is 11.6. The van der Waals surface area contributed by atoms with Crippen LogP contribution in [-0.4, -0.2) is 152 Å². The number of methoxy groups -OCH3 is 2. The van der Waals surface area contributed by atoms with Crippen molar-refractivity contribution in [1.82, 2.24) is 5.32 Å². The van der Waals surface area contributed by atoms with Crippen LogP contribution in [0.15, 0.2) is 89.6 Å². The van der Waals surface area contributed by atoms with Gasteiger partial charge in [-0.25, -0.2) is 4.79 Å². The SMILES string of the molecule is CC[C@@H](C)[C@H]1O[C@]2(C=C[C@@H]1C)C[C@@H]1C[C@@H](C/C=C(\C)[C@@H](O[C@@H]3C[C@H](OC)[C@@H](O[C@H]4C[C@@H](OC)[C@H](NC)[C@H](C)O4)[C@H](C)O3)[C@H](C)C=C/C=C3\CO[C@H]4[C@@H](O)C(C)=C[C@H](C(=O)O1)[C@]34O)O2.O=C(O)c1ccccc1. The second kappa shape index (κ2) is 24.4. The van der Waals surface area contributed by atoms with Crippen LogP contribution in [0.3, 0.4) is 0 Å². The van der Waals surface area contributed by atoms with Crippen molar-refractivity contribution >= 4 is 11.9 Å². The summed E-state index contributed by atoms with van der Waals surface area (Å²) in [5.74, 6) is -3.39. The molecule has 0 unspecified atom stereocenters. The van der Waals surface area contributed by atoms with E-state index in [0.29, 0.717) is 48.8 Å². The summed E-state index contributed by atoms with van der Waals surface area (Å²) < 4.78 is 64.6. The first kappa shape index (κ1) is 56.1. The fraction of sp³-hybridized carbons (Fsp3) is 0.679. The van der Waals surface area contributed by atoms with E-state index in [-0.39, 0.29) is 67.0 Å². The van der Waals surface area contributed by atoms with Gasteiger partial charge in [0.2, 0.25) is 0 Å². The molecular weight excluding hydrogens is 927 g/mol. The molecule has 4 saturated heterocycles. The number of carbonyl (C=O) groups excluding carboxylic acids is 1. The molecule has 6 heterocycles. The van der Waals surface area contributed by atoms with Crippen molar-refractivity contribution in [1.29, 1.82) is 0 Å². The summed E-state index contributed by atoms with van der Waals surface area (Å²) in [7, 11) is 5.30. The second-order valence-electron chi connectivity index (χ2n) is 21.0. The first-order chi connectivity index (χ1) is 34.3. The Morgan fingerprint density at radius 1 is 0.903 bits per heavy atom. The Kier molecular flexibility index (Phi) is 19.0. The Morgan fingerprint density at radius 2 is 1.60 bits per heavy atom. The number of rotatable bonds is 10. The summed E-state index contributed by atoms with van der Waals surface area (Å²) in [6.45, 7) is 16.4.